The first-order valence-corrected chi connectivity index (χ1v) is 9.11. The van der Waals surface area contributed by atoms with E-state index in [0.717, 1.165) is 29.6 Å². The first-order valence-electron chi connectivity index (χ1n) is 9.11. The predicted octanol–water partition coefficient (Wildman–Crippen LogP) is 4.16. The van der Waals surface area contributed by atoms with Gasteiger partial charge in [-0.05, 0) is 57.3 Å². The fourth-order valence-electron chi connectivity index (χ4n) is 2.86. The van der Waals surface area contributed by atoms with Gasteiger partial charge in [-0.15, -0.1) is 0 Å². The van der Waals surface area contributed by atoms with E-state index in [-0.39, 0.29) is 5.82 Å². The Bertz CT molecular complexity index is 963. The van der Waals surface area contributed by atoms with E-state index in [9.17, 15) is 4.39 Å². The van der Waals surface area contributed by atoms with Crippen LogP contribution < -0.4 is 14.8 Å². The van der Waals surface area contributed by atoms with Crippen molar-refractivity contribution in [2.24, 2.45) is 0 Å². The fourth-order valence-corrected chi connectivity index (χ4v) is 2.86. The molecule has 28 heavy (non-hydrogen) atoms. The predicted molar refractivity (Wildman–Crippen MR) is 109 cm³/mol. The lowest BCUT2D eigenvalue weighted by atomic mass is 10.2. The number of nitrogens with zero attached hydrogens (tertiary/aromatic N) is 3. The van der Waals surface area contributed by atoms with Crippen molar-refractivity contribution in [3.8, 4) is 11.5 Å². The van der Waals surface area contributed by atoms with Gasteiger partial charge in [0.15, 0.2) is 11.5 Å². The van der Waals surface area contributed by atoms with Crippen molar-refractivity contribution in [2.75, 3.05) is 39.7 Å². The molecule has 0 aliphatic heterocycles. The number of halogens is 1. The number of aryl methyl sites for hydroxylation is 1. The van der Waals surface area contributed by atoms with Gasteiger partial charge in [0.25, 0.3) is 0 Å². The van der Waals surface area contributed by atoms with Crippen LogP contribution in [0.4, 0.5) is 15.9 Å². The Kier molecular flexibility index (Phi) is 6.26. The Morgan fingerprint density at radius 2 is 1.93 bits per heavy atom. The summed E-state index contributed by atoms with van der Waals surface area (Å²) >= 11 is 0. The van der Waals surface area contributed by atoms with Gasteiger partial charge < -0.3 is 19.7 Å². The third-order valence-corrected chi connectivity index (χ3v) is 4.35. The van der Waals surface area contributed by atoms with Crippen LogP contribution in [0.2, 0.25) is 0 Å². The number of aromatic nitrogens is 2. The van der Waals surface area contributed by atoms with Crippen LogP contribution in [0.5, 0.6) is 11.5 Å². The highest BCUT2D eigenvalue weighted by Gasteiger charge is 2.12. The lowest BCUT2D eigenvalue weighted by molar-refractivity contribution is 0.268. The largest absolute Gasteiger partial charge is 0.493 e. The zero-order valence-corrected chi connectivity index (χ0v) is 16.6. The molecule has 3 rings (SSSR count). The molecule has 6 nitrogen and oxygen atoms in total. The maximum atomic E-state index is 13.5. The molecule has 3 aromatic rings. The number of ether oxygens (including phenoxy) is 2. The van der Waals surface area contributed by atoms with Crippen LogP contribution in [0, 0.1) is 12.7 Å². The third-order valence-electron chi connectivity index (χ3n) is 4.35. The molecule has 0 amide bonds. The molecule has 7 heteroatoms. The number of fused-ring (bicyclic) bond motifs is 1. The van der Waals surface area contributed by atoms with E-state index < -0.39 is 0 Å². The summed E-state index contributed by atoms with van der Waals surface area (Å²) in [6.45, 7) is 3.26. The topological polar surface area (TPSA) is 59.5 Å². The number of hydrogen-bond donors (Lipinski definition) is 1. The quantitative estimate of drug-likeness (QED) is 0.589. The molecule has 0 spiro atoms. The van der Waals surface area contributed by atoms with E-state index >= 15 is 0 Å². The third kappa shape index (κ3) is 4.67. The maximum absolute atomic E-state index is 13.5. The molecule has 1 heterocycles. The van der Waals surface area contributed by atoms with Crippen LogP contribution in [0.25, 0.3) is 10.9 Å². The van der Waals surface area contributed by atoms with Crippen LogP contribution in [-0.4, -0.2) is 49.2 Å². The van der Waals surface area contributed by atoms with Crippen molar-refractivity contribution in [1.29, 1.82) is 0 Å². The standard InChI is InChI=1S/C21H25FN4O2/c1-14-10-15(6-7-17(14)22)25-21-16-11-19(27-4)20(12-18(16)23-13-24-21)28-9-5-8-26(2)3/h6-7,10-13H,5,8-9H2,1-4H3,(H,23,24,25). The normalized spacial score (nSPS) is 11.1. The van der Waals surface area contributed by atoms with Crippen molar-refractivity contribution >= 4 is 22.4 Å². The summed E-state index contributed by atoms with van der Waals surface area (Å²) in [7, 11) is 5.67. The second-order valence-corrected chi connectivity index (χ2v) is 6.84. The minimum Gasteiger partial charge on any atom is -0.493 e. The van der Waals surface area contributed by atoms with Crippen LogP contribution in [0.1, 0.15) is 12.0 Å². The highest BCUT2D eigenvalue weighted by molar-refractivity contribution is 5.93. The molecule has 0 atom stereocenters. The van der Waals surface area contributed by atoms with Gasteiger partial charge in [0.2, 0.25) is 0 Å². The molecule has 1 aromatic heterocycles. The van der Waals surface area contributed by atoms with E-state index in [1.54, 1.807) is 26.2 Å². The number of hydrogen-bond acceptors (Lipinski definition) is 6. The summed E-state index contributed by atoms with van der Waals surface area (Å²) < 4.78 is 24.9. The summed E-state index contributed by atoms with van der Waals surface area (Å²) in [5.41, 5.74) is 2.05. The summed E-state index contributed by atoms with van der Waals surface area (Å²) in [5.74, 6) is 1.64. The van der Waals surface area contributed by atoms with Crippen LogP contribution >= 0.6 is 0 Å². The summed E-state index contributed by atoms with van der Waals surface area (Å²) in [5, 5.41) is 4.02. The van der Waals surface area contributed by atoms with E-state index in [0.29, 0.717) is 29.5 Å². The zero-order valence-electron chi connectivity index (χ0n) is 16.6. The molecule has 2 aromatic carbocycles. The lowest BCUT2D eigenvalue weighted by Crippen LogP contribution is -2.15. The van der Waals surface area contributed by atoms with E-state index in [4.69, 9.17) is 9.47 Å². The van der Waals surface area contributed by atoms with Crippen molar-refractivity contribution in [1.82, 2.24) is 14.9 Å². The Morgan fingerprint density at radius 3 is 2.64 bits per heavy atom. The van der Waals surface area contributed by atoms with Crippen molar-refractivity contribution < 1.29 is 13.9 Å². The van der Waals surface area contributed by atoms with Crippen molar-refractivity contribution in [2.45, 2.75) is 13.3 Å². The molecule has 148 valence electrons. The summed E-state index contributed by atoms with van der Waals surface area (Å²) in [4.78, 5) is 10.8. The SMILES string of the molecule is COc1cc2c(Nc3ccc(F)c(C)c3)ncnc2cc1OCCCN(C)C. The van der Waals surface area contributed by atoms with Crippen LogP contribution in [0.3, 0.4) is 0 Å². The van der Waals surface area contributed by atoms with E-state index in [1.165, 1.54) is 12.4 Å². The molecule has 0 aliphatic rings. The van der Waals surface area contributed by atoms with E-state index in [2.05, 4.69) is 20.2 Å². The van der Waals surface area contributed by atoms with E-state index in [1.807, 2.05) is 26.2 Å². The Morgan fingerprint density at radius 1 is 1.11 bits per heavy atom. The second-order valence-electron chi connectivity index (χ2n) is 6.84. The van der Waals surface area contributed by atoms with Gasteiger partial charge in [0, 0.05) is 23.7 Å². The number of anilines is 2. The maximum Gasteiger partial charge on any atom is 0.163 e. The Hall–Kier alpha value is -2.93. The van der Waals surface area contributed by atoms with Crippen molar-refractivity contribution in [3.05, 3.63) is 48.0 Å². The highest BCUT2D eigenvalue weighted by atomic mass is 19.1. The molecular formula is C21H25FN4O2. The molecule has 0 radical (unpaired) electrons. The lowest BCUT2D eigenvalue weighted by Gasteiger charge is -2.15. The monoisotopic (exact) mass is 384 g/mol. The molecule has 0 saturated carbocycles. The minimum absolute atomic E-state index is 0.240. The minimum atomic E-state index is -0.240. The summed E-state index contributed by atoms with van der Waals surface area (Å²) in [6, 6.07) is 8.56. The number of nitrogens with one attached hydrogen (secondary N) is 1. The average Bonchev–Trinajstić information content (AvgIpc) is 2.67. The second kappa shape index (κ2) is 8.84. The number of benzene rings is 2. The van der Waals surface area contributed by atoms with Gasteiger partial charge in [-0.2, -0.15) is 0 Å². The van der Waals surface area contributed by atoms with Crippen molar-refractivity contribution in [3.63, 3.8) is 0 Å². The van der Waals surface area contributed by atoms with Gasteiger partial charge in [-0.1, -0.05) is 0 Å². The van der Waals surface area contributed by atoms with Gasteiger partial charge in [0.05, 0.1) is 19.2 Å². The highest BCUT2D eigenvalue weighted by Crippen LogP contribution is 2.34. The van der Waals surface area contributed by atoms with Gasteiger partial charge in [0.1, 0.15) is 18.0 Å². The molecule has 1 N–H and O–H groups in total. The van der Waals surface area contributed by atoms with Crippen LogP contribution in [-0.2, 0) is 0 Å². The number of rotatable bonds is 8. The first kappa shape index (κ1) is 19.8. The van der Waals surface area contributed by atoms with Gasteiger partial charge >= 0.3 is 0 Å². The zero-order chi connectivity index (χ0) is 20.1. The fraction of sp³-hybridized carbons (Fsp3) is 0.333. The number of methoxy groups -OCH3 is 1. The average molecular weight is 384 g/mol. The molecule has 0 saturated heterocycles. The molecular weight excluding hydrogens is 359 g/mol. The smallest absolute Gasteiger partial charge is 0.163 e. The van der Waals surface area contributed by atoms with Crippen LogP contribution in [0.15, 0.2) is 36.7 Å². The molecule has 0 bridgehead atoms. The van der Waals surface area contributed by atoms with Gasteiger partial charge in [-0.25, -0.2) is 14.4 Å². The Labute approximate surface area is 164 Å². The molecule has 0 fully saturated rings. The first-order chi connectivity index (χ1) is 13.5. The summed E-state index contributed by atoms with van der Waals surface area (Å²) in [6.07, 6.45) is 2.40. The van der Waals surface area contributed by atoms with Gasteiger partial charge in [-0.3, -0.25) is 0 Å². The molecule has 0 aliphatic carbocycles. The Balaban J connectivity index is 1.87. The molecule has 0 unspecified atom stereocenters.